The third kappa shape index (κ3) is 2.46. The van der Waals surface area contributed by atoms with Crippen molar-refractivity contribution >= 4 is 5.91 Å². The van der Waals surface area contributed by atoms with E-state index in [2.05, 4.69) is 0 Å². The molecule has 1 amide bonds. The van der Waals surface area contributed by atoms with Gasteiger partial charge in [-0.2, -0.15) is 0 Å². The van der Waals surface area contributed by atoms with Crippen LogP contribution >= 0.6 is 0 Å². The van der Waals surface area contributed by atoms with Crippen molar-refractivity contribution in [2.75, 3.05) is 13.2 Å². The molecule has 0 spiro atoms. The molecule has 1 fully saturated rings. The molecule has 1 N–H and O–H groups in total. The van der Waals surface area contributed by atoms with Gasteiger partial charge >= 0.3 is 0 Å². The van der Waals surface area contributed by atoms with Crippen molar-refractivity contribution in [2.45, 2.75) is 26.0 Å². The van der Waals surface area contributed by atoms with Gasteiger partial charge in [0.2, 0.25) is 0 Å². The Morgan fingerprint density at radius 2 is 2.22 bits per heavy atom. The first-order chi connectivity index (χ1) is 8.49. The van der Waals surface area contributed by atoms with Crippen molar-refractivity contribution in [3.8, 4) is 5.75 Å². The molecule has 2 rings (SSSR count). The van der Waals surface area contributed by atoms with Crippen molar-refractivity contribution < 1.29 is 19.0 Å². The van der Waals surface area contributed by atoms with E-state index >= 15 is 0 Å². The highest BCUT2D eigenvalue weighted by molar-refractivity contribution is 5.97. The Kier molecular flexibility index (Phi) is 3.52. The Balaban J connectivity index is 2.24. The smallest absolute Gasteiger partial charge is 0.258 e. The van der Waals surface area contributed by atoms with E-state index < -0.39 is 5.82 Å². The number of hydrogen-bond acceptors (Lipinski definition) is 3. The van der Waals surface area contributed by atoms with Crippen molar-refractivity contribution in [2.24, 2.45) is 0 Å². The van der Waals surface area contributed by atoms with E-state index in [0.717, 1.165) is 6.07 Å². The number of morpholine rings is 1. The van der Waals surface area contributed by atoms with Crippen molar-refractivity contribution in [3.05, 3.63) is 29.6 Å². The molecule has 2 unspecified atom stereocenters. The summed E-state index contributed by atoms with van der Waals surface area (Å²) in [5, 5.41) is 9.63. The minimum Gasteiger partial charge on any atom is -0.507 e. The van der Waals surface area contributed by atoms with E-state index in [4.69, 9.17) is 4.74 Å². The fourth-order valence-corrected chi connectivity index (χ4v) is 2.03. The summed E-state index contributed by atoms with van der Waals surface area (Å²) in [5.74, 6) is -1.19. The Morgan fingerprint density at radius 3 is 2.89 bits per heavy atom. The van der Waals surface area contributed by atoms with Crippen LogP contribution in [0.25, 0.3) is 0 Å². The number of aromatic hydroxyl groups is 1. The molecule has 1 aliphatic heterocycles. The molecule has 1 aromatic carbocycles. The average molecular weight is 253 g/mol. The minimum absolute atomic E-state index is 0.0345. The molecule has 1 saturated heterocycles. The zero-order valence-corrected chi connectivity index (χ0v) is 10.4. The standard InChI is InChI=1S/C13H16FNO3/c1-8-7-18-9(2)6-15(8)13(17)11-4-3-10(14)5-12(11)16/h3-5,8-9,16H,6-7H2,1-2H3. The van der Waals surface area contributed by atoms with Gasteiger partial charge in [-0.1, -0.05) is 0 Å². The van der Waals surface area contributed by atoms with E-state index in [9.17, 15) is 14.3 Å². The zero-order chi connectivity index (χ0) is 13.3. The van der Waals surface area contributed by atoms with Gasteiger partial charge in [-0.3, -0.25) is 4.79 Å². The Labute approximate surface area is 105 Å². The van der Waals surface area contributed by atoms with Crippen LogP contribution in [-0.4, -0.2) is 41.2 Å². The van der Waals surface area contributed by atoms with Crippen LogP contribution in [0.1, 0.15) is 24.2 Å². The van der Waals surface area contributed by atoms with Crippen LogP contribution in [0.5, 0.6) is 5.75 Å². The first-order valence-corrected chi connectivity index (χ1v) is 5.90. The summed E-state index contributed by atoms with van der Waals surface area (Å²) in [6, 6.07) is 3.36. The molecule has 98 valence electrons. The molecule has 4 nitrogen and oxygen atoms in total. The third-order valence-electron chi connectivity index (χ3n) is 3.06. The predicted octanol–water partition coefficient (Wildman–Crippen LogP) is 1.78. The van der Waals surface area contributed by atoms with E-state index in [-0.39, 0.29) is 29.4 Å². The molecule has 2 atom stereocenters. The van der Waals surface area contributed by atoms with Gasteiger partial charge in [0.1, 0.15) is 11.6 Å². The molecular weight excluding hydrogens is 237 g/mol. The lowest BCUT2D eigenvalue weighted by Gasteiger charge is -2.36. The lowest BCUT2D eigenvalue weighted by Crippen LogP contribution is -2.50. The molecule has 0 saturated carbocycles. The van der Waals surface area contributed by atoms with Crippen molar-refractivity contribution in [1.29, 1.82) is 0 Å². The van der Waals surface area contributed by atoms with Crippen LogP contribution in [0, 0.1) is 5.82 Å². The quantitative estimate of drug-likeness (QED) is 0.830. The van der Waals surface area contributed by atoms with E-state index in [1.807, 2.05) is 13.8 Å². The zero-order valence-electron chi connectivity index (χ0n) is 10.4. The number of amides is 1. The molecule has 0 radical (unpaired) electrons. The fourth-order valence-electron chi connectivity index (χ4n) is 2.03. The van der Waals surface area contributed by atoms with Gasteiger partial charge in [0.15, 0.2) is 0 Å². The van der Waals surface area contributed by atoms with Crippen LogP contribution in [0.2, 0.25) is 0 Å². The first-order valence-electron chi connectivity index (χ1n) is 5.90. The number of carbonyl (C=O) groups is 1. The monoisotopic (exact) mass is 253 g/mol. The molecule has 0 aliphatic carbocycles. The van der Waals surface area contributed by atoms with Crippen LogP contribution in [0.4, 0.5) is 4.39 Å². The Bertz CT molecular complexity index is 464. The van der Waals surface area contributed by atoms with Gasteiger partial charge in [-0.15, -0.1) is 0 Å². The van der Waals surface area contributed by atoms with Crippen LogP contribution < -0.4 is 0 Å². The van der Waals surface area contributed by atoms with Crippen LogP contribution in [-0.2, 0) is 4.74 Å². The van der Waals surface area contributed by atoms with Crippen LogP contribution in [0.3, 0.4) is 0 Å². The van der Waals surface area contributed by atoms with Gasteiger partial charge in [0.25, 0.3) is 5.91 Å². The lowest BCUT2D eigenvalue weighted by atomic mass is 10.1. The van der Waals surface area contributed by atoms with Gasteiger partial charge in [0.05, 0.1) is 24.3 Å². The number of halogens is 1. The predicted molar refractivity (Wildman–Crippen MR) is 64.0 cm³/mol. The number of phenols is 1. The number of phenolic OH excluding ortho intramolecular Hbond substituents is 1. The summed E-state index contributed by atoms with van der Waals surface area (Å²) in [4.78, 5) is 13.9. The molecule has 5 heteroatoms. The van der Waals surface area contributed by atoms with Crippen molar-refractivity contribution in [1.82, 2.24) is 4.90 Å². The highest BCUT2D eigenvalue weighted by Gasteiger charge is 2.29. The molecule has 18 heavy (non-hydrogen) atoms. The van der Waals surface area contributed by atoms with E-state index in [1.54, 1.807) is 4.90 Å². The SMILES string of the molecule is CC1CN(C(=O)c2ccc(F)cc2O)C(C)CO1. The summed E-state index contributed by atoms with van der Waals surface area (Å²) >= 11 is 0. The Hall–Kier alpha value is -1.62. The third-order valence-corrected chi connectivity index (χ3v) is 3.06. The fraction of sp³-hybridized carbons (Fsp3) is 0.462. The Morgan fingerprint density at radius 1 is 1.50 bits per heavy atom. The maximum absolute atomic E-state index is 12.9. The second-order valence-electron chi connectivity index (χ2n) is 4.61. The summed E-state index contributed by atoms with van der Waals surface area (Å²) in [6.07, 6.45) is -0.0345. The maximum Gasteiger partial charge on any atom is 0.258 e. The molecule has 1 aromatic rings. The summed E-state index contributed by atoms with van der Waals surface area (Å²) in [5.41, 5.74) is 0.123. The number of hydrogen-bond donors (Lipinski definition) is 1. The van der Waals surface area contributed by atoms with Crippen molar-refractivity contribution in [3.63, 3.8) is 0 Å². The van der Waals surface area contributed by atoms with Gasteiger partial charge < -0.3 is 14.7 Å². The maximum atomic E-state index is 12.9. The lowest BCUT2D eigenvalue weighted by molar-refractivity contribution is -0.0387. The van der Waals surface area contributed by atoms with Crippen LogP contribution in [0.15, 0.2) is 18.2 Å². The normalized spacial score (nSPS) is 24.1. The molecule has 0 bridgehead atoms. The minimum atomic E-state index is -0.563. The number of ether oxygens (including phenoxy) is 1. The average Bonchev–Trinajstić information content (AvgIpc) is 2.31. The van der Waals surface area contributed by atoms with Gasteiger partial charge in [-0.05, 0) is 26.0 Å². The van der Waals surface area contributed by atoms with E-state index in [1.165, 1.54) is 12.1 Å². The largest absolute Gasteiger partial charge is 0.507 e. The molecule has 0 aromatic heterocycles. The highest BCUT2D eigenvalue weighted by atomic mass is 19.1. The second kappa shape index (κ2) is 4.94. The number of rotatable bonds is 1. The first kappa shape index (κ1) is 12.8. The molecule has 1 aliphatic rings. The van der Waals surface area contributed by atoms with E-state index in [0.29, 0.717) is 13.2 Å². The number of nitrogens with zero attached hydrogens (tertiary/aromatic N) is 1. The summed E-state index contributed by atoms with van der Waals surface area (Å²) in [6.45, 7) is 4.70. The summed E-state index contributed by atoms with van der Waals surface area (Å²) in [7, 11) is 0. The van der Waals surface area contributed by atoms with Gasteiger partial charge in [0, 0.05) is 12.6 Å². The van der Waals surface area contributed by atoms with Gasteiger partial charge in [-0.25, -0.2) is 4.39 Å². The second-order valence-corrected chi connectivity index (χ2v) is 4.61. The molecule has 1 heterocycles. The summed E-state index contributed by atoms with van der Waals surface area (Å²) < 4.78 is 18.3. The highest BCUT2D eigenvalue weighted by Crippen LogP contribution is 2.22. The molecular formula is C13H16FNO3. The number of benzene rings is 1. The number of carbonyl (C=O) groups excluding carboxylic acids is 1. The topological polar surface area (TPSA) is 49.8 Å².